The maximum atomic E-state index is 12.9. The predicted molar refractivity (Wildman–Crippen MR) is 121 cm³/mol. The van der Waals surface area contributed by atoms with Crippen LogP contribution in [0.2, 0.25) is 0 Å². The fourth-order valence-corrected chi connectivity index (χ4v) is 4.59. The van der Waals surface area contributed by atoms with E-state index in [1.165, 1.54) is 23.9 Å². The summed E-state index contributed by atoms with van der Waals surface area (Å²) in [4.78, 5) is 13.2. The first-order chi connectivity index (χ1) is 14.6. The van der Waals surface area contributed by atoms with Crippen LogP contribution in [0.15, 0.2) is 58.6 Å². The van der Waals surface area contributed by atoms with Crippen LogP contribution in [0.3, 0.4) is 0 Å². The molecular weight excluding hydrogens is 419 g/mol. The van der Waals surface area contributed by atoms with Crippen molar-refractivity contribution in [3.8, 4) is 11.4 Å². The van der Waals surface area contributed by atoms with Gasteiger partial charge >= 0.3 is 0 Å². The zero-order chi connectivity index (χ0) is 21.3. The number of aromatic nitrogens is 3. The van der Waals surface area contributed by atoms with E-state index >= 15 is 0 Å². The Hall–Kier alpha value is -2.32. The van der Waals surface area contributed by atoms with Gasteiger partial charge < -0.3 is 9.88 Å². The Labute approximate surface area is 184 Å². The van der Waals surface area contributed by atoms with Crippen LogP contribution >= 0.6 is 23.5 Å². The van der Waals surface area contributed by atoms with Crippen molar-refractivity contribution in [1.29, 1.82) is 0 Å². The van der Waals surface area contributed by atoms with Gasteiger partial charge in [0.1, 0.15) is 5.82 Å². The minimum Gasteiger partial charge on any atom is -0.355 e. The van der Waals surface area contributed by atoms with Crippen LogP contribution in [-0.4, -0.2) is 38.7 Å². The summed E-state index contributed by atoms with van der Waals surface area (Å²) in [6.45, 7) is 5.45. The van der Waals surface area contributed by atoms with E-state index in [1.807, 2.05) is 29.7 Å². The Morgan fingerprint density at radius 3 is 2.60 bits per heavy atom. The molecular formula is C22H25FN4OS2. The van der Waals surface area contributed by atoms with Crippen LogP contribution < -0.4 is 5.32 Å². The van der Waals surface area contributed by atoms with E-state index in [0.29, 0.717) is 12.3 Å². The smallest absolute Gasteiger partial charge is 0.230 e. The monoisotopic (exact) mass is 444 g/mol. The number of nitrogens with one attached hydrogen (secondary N) is 1. The van der Waals surface area contributed by atoms with Gasteiger partial charge in [0.15, 0.2) is 11.0 Å². The molecule has 0 fully saturated rings. The molecule has 0 saturated carbocycles. The van der Waals surface area contributed by atoms with Crippen molar-refractivity contribution in [2.45, 2.75) is 36.9 Å². The third-order valence-electron chi connectivity index (χ3n) is 4.48. The zero-order valence-corrected chi connectivity index (χ0v) is 18.7. The summed E-state index contributed by atoms with van der Waals surface area (Å²) in [5.41, 5.74) is 2.20. The number of hydrogen-bond acceptors (Lipinski definition) is 5. The van der Waals surface area contributed by atoms with Crippen LogP contribution in [0.4, 0.5) is 4.39 Å². The molecule has 8 heteroatoms. The van der Waals surface area contributed by atoms with Gasteiger partial charge in [0.2, 0.25) is 5.91 Å². The van der Waals surface area contributed by atoms with Crippen molar-refractivity contribution in [3.63, 3.8) is 0 Å². The summed E-state index contributed by atoms with van der Waals surface area (Å²) >= 11 is 3.05. The molecule has 0 aliphatic carbocycles. The van der Waals surface area contributed by atoms with Gasteiger partial charge in [0.25, 0.3) is 0 Å². The minimum absolute atomic E-state index is 0.0186. The summed E-state index contributed by atoms with van der Waals surface area (Å²) in [5, 5.41) is 12.3. The predicted octanol–water partition coefficient (Wildman–Crippen LogP) is 4.80. The first-order valence-corrected chi connectivity index (χ1v) is 11.8. The van der Waals surface area contributed by atoms with E-state index in [2.05, 4.69) is 28.5 Å². The molecule has 1 aromatic heterocycles. The first kappa shape index (κ1) is 22.4. The van der Waals surface area contributed by atoms with E-state index in [9.17, 15) is 9.18 Å². The van der Waals surface area contributed by atoms with Gasteiger partial charge in [-0.25, -0.2) is 4.39 Å². The van der Waals surface area contributed by atoms with Gasteiger partial charge in [-0.15, -0.1) is 22.0 Å². The van der Waals surface area contributed by atoms with Gasteiger partial charge in [-0.3, -0.25) is 4.79 Å². The molecule has 3 rings (SSSR count). The fraction of sp³-hybridized carbons (Fsp3) is 0.318. The Morgan fingerprint density at radius 2 is 1.87 bits per heavy atom. The SMILES string of the molecule is CCn1c(SCC(=O)NCCCSc2ccc(F)cc2)nnc1-c1ccccc1C. The Bertz CT molecular complexity index is 976. The average molecular weight is 445 g/mol. The number of carbonyl (C=O) groups is 1. The topological polar surface area (TPSA) is 59.8 Å². The highest BCUT2D eigenvalue weighted by molar-refractivity contribution is 7.99. The number of amides is 1. The lowest BCUT2D eigenvalue weighted by molar-refractivity contribution is -0.118. The number of thioether (sulfide) groups is 2. The molecule has 3 aromatic rings. The van der Waals surface area contributed by atoms with E-state index < -0.39 is 0 Å². The lowest BCUT2D eigenvalue weighted by Crippen LogP contribution is -2.26. The van der Waals surface area contributed by atoms with E-state index in [4.69, 9.17) is 0 Å². The van der Waals surface area contributed by atoms with Crippen LogP contribution in [0.1, 0.15) is 18.9 Å². The van der Waals surface area contributed by atoms with Crippen molar-refractivity contribution in [3.05, 3.63) is 59.9 Å². The van der Waals surface area contributed by atoms with Crippen LogP contribution in [0.25, 0.3) is 11.4 Å². The number of aryl methyl sites for hydroxylation is 1. The normalized spacial score (nSPS) is 10.9. The molecule has 5 nitrogen and oxygen atoms in total. The van der Waals surface area contributed by atoms with Crippen LogP contribution in [0.5, 0.6) is 0 Å². The van der Waals surface area contributed by atoms with E-state index in [-0.39, 0.29) is 11.7 Å². The molecule has 0 spiro atoms. The van der Waals surface area contributed by atoms with Gasteiger partial charge in [-0.1, -0.05) is 36.0 Å². The largest absolute Gasteiger partial charge is 0.355 e. The van der Waals surface area contributed by atoms with Crippen molar-refractivity contribution >= 4 is 29.4 Å². The summed E-state index contributed by atoms with van der Waals surface area (Å²) < 4.78 is 14.9. The van der Waals surface area contributed by atoms with Crippen molar-refractivity contribution < 1.29 is 9.18 Å². The van der Waals surface area contributed by atoms with Crippen molar-refractivity contribution in [2.24, 2.45) is 0 Å². The second-order valence-electron chi connectivity index (χ2n) is 6.66. The van der Waals surface area contributed by atoms with Gasteiger partial charge in [-0.2, -0.15) is 0 Å². The van der Waals surface area contributed by atoms with Gasteiger partial charge in [0, 0.05) is 23.5 Å². The third-order valence-corrected chi connectivity index (χ3v) is 6.54. The quantitative estimate of drug-likeness (QED) is 0.359. The van der Waals surface area contributed by atoms with Gasteiger partial charge in [0.05, 0.1) is 5.75 Å². The summed E-state index contributed by atoms with van der Waals surface area (Å²) in [6, 6.07) is 14.5. The van der Waals surface area contributed by atoms with Crippen LogP contribution in [0, 0.1) is 12.7 Å². The number of halogens is 1. The standard InChI is InChI=1S/C22H25FN4OS2/c1-3-27-21(19-8-5-4-7-16(19)2)25-26-22(27)30-15-20(28)24-13-6-14-29-18-11-9-17(23)10-12-18/h4-5,7-12H,3,6,13-15H2,1-2H3,(H,24,28). The van der Waals surface area contributed by atoms with Gasteiger partial charge in [-0.05, 0) is 55.9 Å². The molecule has 30 heavy (non-hydrogen) atoms. The lowest BCUT2D eigenvalue weighted by atomic mass is 10.1. The number of hydrogen-bond donors (Lipinski definition) is 1. The number of benzene rings is 2. The Kier molecular flexibility index (Phi) is 8.33. The second kappa shape index (κ2) is 11.2. The van der Waals surface area contributed by atoms with E-state index in [0.717, 1.165) is 45.7 Å². The van der Waals surface area contributed by atoms with E-state index in [1.54, 1.807) is 23.9 Å². The molecule has 1 N–H and O–H groups in total. The summed E-state index contributed by atoms with van der Waals surface area (Å²) in [5.74, 6) is 1.75. The fourth-order valence-electron chi connectivity index (χ4n) is 2.91. The maximum Gasteiger partial charge on any atom is 0.230 e. The summed E-state index contributed by atoms with van der Waals surface area (Å²) in [6.07, 6.45) is 0.848. The molecule has 158 valence electrons. The molecule has 1 heterocycles. The molecule has 0 atom stereocenters. The molecule has 0 unspecified atom stereocenters. The number of carbonyl (C=O) groups excluding carboxylic acids is 1. The highest BCUT2D eigenvalue weighted by atomic mass is 32.2. The second-order valence-corrected chi connectivity index (χ2v) is 8.77. The zero-order valence-electron chi connectivity index (χ0n) is 17.1. The van der Waals surface area contributed by atoms with Crippen molar-refractivity contribution in [2.75, 3.05) is 18.1 Å². The van der Waals surface area contributed by atoms with Crippen molar-refractivity contribution in [1.82, 2.24) is 20.1 Å². The Balaban J connectivity index is 1.43. The highest BCUT2D eigenvalue weighted by Crippen LogP contribution is 2.26. The number of rotatable bonds is 10. The molecule has 2 aromatic carbocycles. The molecule has 0 radical (unpaired) electrons. The lowest BCUT2D eigenvalue weighted by Gasteiger charge is -2.09. The highest BCUT2D eigenvalue weighted by Gasteiger charge is 2.15. The molecule has 0 aliphatic rings. The minimum atomic E-state index is -0.228. The maximum absolute atomic E-state index is 12.9. The third kappa shape index (κ3) is 6.09. The molecule has 1 amide bonds. The average Bonchev–Trinajstić information content (AvgIpc) is 3.16. The molecule has 0 saturated heterocycles. The Morgan fingerprint density at radius 1 is 1.10 bits per heavy atom. The summed E-state index contributed by atoms with van der Waals surface area (Å²) in [7, 11) is 0. The number of nitrogens with zero attached hydrogens (tertiary/aromatic N) is 3. The molecule has 0 bridgehead atoms. The molecule has 0 aliphatic heterocycles. The van der Waals surface area contributed by atoms with Crippen LogP contribution in [-0.2, 0) is 11.3 Å². The first-order valence-electron chi connectivity index (χ1n) is 9.85.